The van der Waals surface area contributed by atoms with Gasteiger partial charge < -0.3 is 10.4 Å². The van der Waals surface area contributed by atoms with E-state index in [1.165, 1.54) is 0 Å². The number of rotatable bonds is 5. The summed E-state index contributed by atoms with van der Waals surface area (Å²) >= 11 is 9.43. The summed E-state index contributed by atoms with van der Waals surface area (Å²) in [6, 6.07) is 5.39. The molecule has 1 aromatic carbocycles. The van der Waals surface area contributed by atoms with Crippen molar-refractivity contribution in [2.45, 2.75) is 19.3 Å². The van der Waals surface area contributed by atoms with Crippen molar-refractivity contribution in [3.63, 3.8) is 0 Å². The Balaban J connectivity index is 1.86. The number of nitrogens with zero attached hydrogens (tertiary/aromatic N) is 1. The number of likely N-dealkylation sites (tertiary alicyclic amines) is 1. The third kappa shape index (κ3) is 5.25. The van der Waals surface area contributed by atoms with Crippen LogP contribution in [0.1, 0.15) is 19.3 Å². The molecule has 1 heterocycles. The molecule has 1 atom stereocenters. The number of anilines is 1. The molecule has 4 nitrogen and oxygen atoms in total. The van der Waals surface area contributed by atoms with Crippen LogP contribution in [0.5, 0.6) is 0 Å². The highest BCUT2D eigenvalue weighted by molar-refractivity contribution is 9.10. The Labute approximate surface area is 138 Å². The van der Waals surface area contributed by atoms with E-state index in [4.69, 9.17) is 16.7 Å². The van der Waals surface area contributed by atoms with Crippen LogP contribution in [0.25, 0.3) is 0 Å². The number of carbonyl (C=O) groups is 1. The molecular weight excluding hydrogens is 356 g/mol. The second-order valence-electron chi connectivity index (χ2n) is 5.43. The maximum atomic E-state index is 12.1. The van der Waals surface area contributed by atoms with Crippen molar-refractivity contribution in [1.82, 2.24) is 4.90 Å². The number of nitrogens with one attached hydrogen (secondary N) is 1. The number of halogens is 2. The van der Waals surface area contributed by atoms with Crippen LogP contribution in [0.2, 0.25) is 5.02 Å². The SMILES string of the molecule is O=C(CN1CCCC(CCO)C1)Nc1ccc(Br)cc1Cl. The van der Waals surface area contributed by atoms with Gasteiger partial charge in [0.05, 0.1) is 17.3 Å². The van der Waals surface area contributed by atoms with Gasteiger partial charge >= 0.3 is 0 Å². The summed E-state index contributed by atoms with van der Waals surface area (Å²) in [5.41, 5.74) is 0.633. The standard InChI is InChI=1S/C15H20BrClN2O2/c16-12-3-4-14(13(17)8-12)18-15(21)10-19-6-1-2-11(9-19)5-7-20/h3-4,8,11,20H,1-2,5-7,9-10H2,(H,18,21). The lowest BCUT2D eigenvalue weighted by atomic mass is 9.95. The Morgan fingerprint density at radius 2 is 2.33 bits per heavy atom. The number of hydrogen-bond acceptors (Lipinski definition) is 3. The monoisotopic (exact) mass is 374 g/mol. The molecule has 1 unspecified atom stereocenters. The minimum atomic E-state index is -0.0520. The molecule has 0 aromatic heterocycles. The molecular formula is C15H20BrClN2O2. The van der Waals surface area contributed by atoms with E-state index >= 15 is 0 Å². The highest BCUT2D eigenvalue weighted by atomic mass is 79.9. The predicted molar refractivity (Wildman–Crippen MR) is 88.6 cm³/mol. The second kappa shape index (κ2) is 8.13. The molecule has 1 amide bonds. The predicted octanol–water partition coefficient (Wildman–Crippen LogP) is 3.14. The summed E-state index contributed by atoms with van der Waals surface area (Å²) in [6.45, 7) is 2.40. The van der Waals surface area contributed by atoms with Gasteiger partial charge in [0.2, 0.25) is 5.91 Å². The van der Waals surface area contributed by atoms with Gasteiger partial charge in [-0.3, -0.25) is 9.69 Å². The van der Waals surface area contributed by atoms with Crippen molar-refractivity contribution in [3.05, 3.63) is 27.7 Å². The first-order valence-corrected chi connectivity index (χ1v) is 8.33. The van der Waals surface area contributed by atoms with Crippen LogP contribution >= 0.6 is 27.5 Å². The summed E-state index contributed by atoms with van der Waals surface area (Å²) < 4.78 is 0.883. The van der Waals surface area contributed by atoms with Crippen LogP contribution in [0.4, 0.5) is 5.69 Å². The lowest BCUT2D eigenvalue weighted by Gasteiger charge is -2.31. The van der Waals surface area contributed by atoms with Crippen molar-refractivity contribution < 1.29 is 9.90 Å². The number of aliphatic hydroxyl groups is 1. The minimum Gasteiger partial charge on any atom is -0.396 e. The van der Waals surface area contributed by atoms with E-state index in [9.17, 15) is 4.79 Å². The maximum Gasteiger partial charge on any atom is 0.238 e. The Kier molecular flexibility index (Phi) is 6.48. The van der Waals surface area contributed by atoms with Crippen molar-refractivity contribution in [2.75, 3.05) is 31.6 Å². The van der Waals surface area contributed by atoms with Gasteiger partial charge in [0.1, 0.15) is 0 Å². The van der Waals surface area contributed by atoms with Crippen LogP contribution in [0.15, 0.2) is 22.7 Å². The molecule has 21 heavy (non-hydrogen) atoms. The molecule has 1 saturated heterocycles. The third-order valence-electron chi connectivity index (χ3n) is 3.71. The van der Waals surface area contributed by atoms with Crippen LogP contribution < -0.4 is 5.32 Å². The molecule has 0 radical (unpaired) electrons. The Morgan fingerprint density at radius 1 is 1.52 bits per heavy atom. The van der Waals surface area contributed by atoms with Gasteiger partial charge in [-0.15, -0.1) is 0 Å². The second-order valence-corrected chi connectivity index (χ2v) is 6.75. The molecule has 1 aliphatic heterocycles. The summed E-state index contributed by atoms with van der Waals surface area (Å²) in [4.78, 5) is 14.3. The fourth-order valence-electron chi connectivity index (χ4n) is 2.70. The van der Waals surface area contributed by atoms with E-state index in [1.54, 1.807) is 12.1 Å². The van der Waals surface area contributed by atoms with Crippen molar-refractivity contribution in [2.24, 2.45) is 5.92 Å². The van der Waals surface area contributed by atoms with Crippen molar-refractivity contribution in [3.8, 4) is 0 Å². The van der Waals surface area contributed by atoms with E-state index in [0.717, 1.165) is 36.8 Å². The quantitative estimate of drug-likeness (QED) is 0.831. The van der Waals surface area contributed by atoms with E-state index < -0.39 is 0 Å². The zero-order valence-corrected chi connectivity index (χ0v) is 14.2. The lowest BCUT2D eigenvalue weighted by molar-refractivity contribution is -0.117. The average molecular weight is 376 g/mol. The maximum absolute atomic E-state index is 12.1. The normalized spacial score (nSPS) is 19.5. The molecule has 0 aliphatic carbocycles. The summed E-state index contributed by atoms with van der Waals surface area (Å²) in [6.07, 6.45) is 3.03. The van der Waals surface area contributed by atoms with E-state index in [2.05, 4.69) is 26.1 Å². The molecule has 0 bridgehead atoms. The third-order valence-corrected chi connectivity index (χ3v) is 4.52. The number of carbonyl (C=O) groups excluding carboxylic acids is 1. The van der Waals surface area contributed by atoms with Crippen molar-refractivity contribution in [1.29, 1.82) is 0 Å². The molecule has 1 aliphatic rings. The molecule has 116 valence electrons. The molecule has 0 spiro atoms. The summed E-state index contributed by atoms with van der Waals surface area (Å²) in [5, 5.41) is 12.4. The van der Waals surface area contributed by atoms with Gasteiger partial charge in [-0.05, 0) is 49.9 Å². The van der Waals surface area contributed by atoms with Gasteiger partial charge in [-0.2, -0.15) is 0 Å². The highest BCUT2D eigenvalue weighted by Gasteiger charge is 2.21. The molecule has 2 rings (SSSR count). The summed E-state index contributed by atoms with van der Waals surface area (Å²) in [7, 11) is 0. The number of hydrogen-bond donors (Lipinski definition) is 2. The molecule has 1 fully saturated rings. The van der Waals surface area contributed by atoms with Crippen LogP contribution in [0.3, 0.4) is 0 Å². The van der Waals surface area contributed by atoms with Gasteiger partial charge in [-0.25, -0.2) is 0 Å². The number of aliphatic hydroxyl groups excluding tert-OH is 1. The topological polar surface area (TPSA) is 52.6 Å². The van der Waals surface area contributed by atoms with Gasteiger partial charge in [0.25, 0.3) is 0 Å². The van der Waals surface area contributed by atoms with Gasteiger partial charge in [0, 0.05) is 17.6 Å². The Hall–Kier alpha value is -0.620. The molecule has 1 aromatic rings. The smallest absolute Gasteiger partial charge is 0.238 e. The van der Waals surface area contributed by atoms with E-state index in [-0.39, 0.29) is 12.5 Å². The highest BCUT2D eigenvalue weighted by Crippen LogP contribution is 2.25. The van der Waals surface area contributed by atoms with Gasteiger partial charge in [0.15, 0.2) is 0 Å². The molecule has 6 heteroatoms. The number of benzene rings is 1. The Bertz CT molecular complexity index is 497. The van der Waals surface area contributed by atoms with Gasteiger partial charge in [-0.1, -0.05) is 27.5 Å². The molecule has 0 saturated carbocycles. The van der Waals surface area contributed by atoms with Crippen LogP contribution in [-0.4, -0.2) is 42.2 Å². The van der Waals surface area contributed by atoms with Crippen LogP contribution in [-0.2, 0) is 4.79 Å². The fraction of sp³-hybridized carbons (Fsp3) is 0.533. The Morgan fingerprint density at radius 3 is 3.05 bits per heavy atom. The zero-order valence-electron chi connectivity index (χ0n) is 11.8. The van der Waals surface area contributed by atoms with Crippen molar-refractivity contribution >= 4 is 39.1 Å². The lowest BCUT2D eigenvalue weighted by Crippen LogP contribution is -2.40. The van der Waals surface area contributed by atoms with E-state index in [0.29, 0.717) is 23.2 Å². The first-order valence-electron chi connectivity index (χ1n) is 7.16. The number of piperidine rings is 1. The summed E-state index contributed by atoms with van der Waals surface area (Å²) in [5.74, 6) is 0.441. The molecule has 2 N–H and O–H groups in total. The first kappa shape index (κ1) is 16.7. The first-order chi connectivity index (χ1) is 10.1. The van der Waals surface area contributed by atoms with E-state index in [1.807, 2.05) is 6.07 Å². The minimum absolute atomic E-state index is 0.0520. The van der Waals surface area contributed by atoms with Crippen LogP contribution in [0, 0.1) is 5.92 Å². The zero-order chi connectivity index (χ0) is 15.2. The largest absolute Gasteiger partial charge is 0.396 e. The fourth-order valence-corrected chi connectivity index (χ4v) is 3.42. The average Bonchev–Trinajstić information content (AvgIpc) is 2.43. The number of amides is 1.